The number of benzene rings is 2. The van der Waals surface area contributed by atoms with Crippen LogP contribution in [-0.2, 0) is 5.54 Å². The minimum Gasteiger partial charge on any atom is -0.497 e. The summed E-state index contributed by atoms with van der Waals surface area (Å²) in [6.45, 7) is 2.08. The van der Waals surface area contributed by atoms with Crippen LogP contribution in [0.25, 0.3) is 5.69 Å². The molecular weight excluding hydrogens is 338 g/mol. The van der Waals surface area contributed by atoms with Crippen LogP contribution in [0.15, 0.2) is 48.5 Å². The molecule has 1 aliphatic rings. The molecule has 27 heavy (non-hydrogen) atoms. The van der Waals surface area contributed by atoms with E-state index >= 15 is 0 Å². The van der Waals surface area contributed by atoms with E-state index in [0.717, 1.165) is 48.6 Å². The Balaban J connectivity index is 1.74. The van der Waals surface area contributed by atoms with Gasteiger partial charge in [0.2, 0.25) is 0 Å². The van der Waals surface area contributed by atoms with E-state index < -0.39 is 0 Å². The third-order valence-electron chi connectivity index (χ3n) is 5.34. The molecule has 0 aliphatic heterocycles. The van der Waals surface area contributed by atoms with Gasteiger partial charge >= 0.3 is 0 Å². The second-order valence-corrected chi connectivity index (χ2v) is 7.25. The SMILES string of the molecule is COc1cccc(NC2(c3nnnn3-c3ccc(C)cc3)CCCCC2)c1. The molecule has 4 rings (SSSR count). The van der Waals surface area contributed by atoms with Crippen LogP contribution >= 0.6 is 0 Å². The number of anilines is 1. The standard InChI is InChI=1S/C21H25N5O/c1-16-9-11-18(12-10-16)26-20(23-24-25-26)21(13-4-3-5-14-21)22-17-7-6-8-19(15-17)27-2/h6-12,15,22H,3-5,13-14H2,1-2H3. The Morgan fingerprint density at radius 2 is 1.81 bits per heavy atom. The minimum atomic E-state index is -0.293. The highest BCUT2D eigenvalue weighted by Gasteiger charge is 2.39. The van der Waals surface area contributed by atoms with Crippen molar-refractivity contribution in [3.63, 3.8) is 0 Å². The molecule has 1 N–H and O–H groups in total. The van der Waals surface area contributed by atoms with Gasteiger partial charge in [0.1, 0.15) is 5.75 Å². The molecule has 0 unspecified atom stereocenters. The van der Waals surface area contributed by atoms with Gasteiger partial charge in [0, 0.05) is 11.8 Å². The minimum absolute atomic E-state index is 0.293. The van der Waals surface area contributed by atoms with E-state index in [1.165, 1.54) is 12.0 Å². The first-order chi connectivity index (χ1) is 13.2. The van der Waals surface area contributed by atoms with Gasteiger partial charge in [0.25, 0.3) is 0 Å². The first kappa shape index (κ1) is 17.5. The van der Waals surface area contributed by atoms with Gasteiger partial charge < -0.3 is 10.1 Å². The molecule has 0 saturated heterocycles. The van der Waals surface area contributed by atoms with Gasteiger partial charge in [0.05, 0.1) is 18.3 Å². The Kier molecular flexibility index (Phi) is 4.79. The van der Waals surface area contributed by atoms with E-state index in [4.69, 9.17) is 4.74 Å². The van der Waals surface area contributed by atoms with E-state index in [1.807, 2.05) is 22.9 Å². The molecule has 2 aromatic carbocycles. The van der Waals surface area contributed by atoms with Crippen LogP contribution in [-0.4, -0.2) is 27.3 Å². The number of tetrazole rings is 1. The lowest BCUT2D eigenvalue weighted by Gasteiger charge is -2.37. The average Bonchev–Trinajstić information content (AvgIpc) is 3.20. The zero-order chi connectivity index (χ0) is 18.7. The van der Waals surface area contributed by atoms with Gasteiger partial charge in [-0.25, -0.2) is 0 Å². The lowest BCUT2D eigenvalue weighted by atomic mass is 9.80. The van der Waals surface area contributed by atoms with Crippen molar-refractivity contribution < 1.29 is 4.74 Å². The number of hydrogen-bond donors (Lipinski definition) is 1. The number of ether oxygens (including phenoxy) is 1. The first-order valence-corrected chi connectivity index (χ1v) is 9.48. The smallest absolute Gasteiger partial charge is 0.181 e. The summed E-state index contributed by atoms with van der Waals surface area (Å²) >= 11 is 0. The van der Waals surface area contributed by atoms with Gasteiger partial charge in [-0.1, -0.05) is 43.0 Å². The number of hydrogen-bond acceptors (Lipinski definition) is 5. The maximum absolute atomic E-state index is 5.39. The molecule has 6 heteroatoms. The fraction of sp³-hybridized carbons (Fsp3) is 0.381. The molecule has 6 nitrogen and oxygen atoms in total. The second kappa shape index (κ2) is 7.39. The Morgan fingerprint density at radius 3 is 2.56 bits per heavy atom. The van der Waals surface area contributed by atoms with E-state index in [1.54, 1.807) is 7.11 Å². The fourth-order valence-corrected chi connectivity index (χ4v) is 3.88. The molecule has 3 aromatic rings. The normalized spacial score (nSPS) is 16.1. The van der Waals surface area contributed by atoms with Gasteiger partial charge in [-0.2, -0.15) is 4.68 Å². The van der Waals surface area contributed by atoms with Gasteiger partial charge in [-0.15, -0.1) is 5.10 Å². The Hall–Kier alpha value is -2.89. The monoisotopic (exact) mass is 363 g/mol. The highest BCUT2D eigenvalue weighted by atomic mass is 16.5. The van der Waals surface area contributed by atoms with Crippen molar-refractivity contribution in [1.82, 2.24) is 20.2 Å². The van der Waals surface area contributed by atoms with E-state index in [-0.39, 0.29) is 5.54 Å². The average molecular weight is 363 g/mol. The third-order valence-corrected chi connectivity index (χ3v) is 5.34. The summed E-state index contributed by atoms with van der Waals surface area (Å²) in [5.41, 5.74) is 2.93. The number of aromatic nitrogens is 4. The topological polar surface area (TPSA) is 64.9 Å². The van der Waals surface area contributed by atoms with Crippen molar-refractivity contribution in [1.29, 1.82) is 0 Å². The Labute approximate surface area is 159 Å². The molecule has 1 saturated carbocycles. The van der Waals surface area contributed by atoms with E-state index in [9.17, 15) is 0 Å². The van der Waals surface area contributed by atoms with E-state index in [2.05, 4.69) is 58.1 Å². The first-order valence-electron chi connectivity index (χ1n) is 9.48. The zero-order valence-corrected chi connectivity index (χ0v) is 15.9. The molecular formula is C21H25N5O. The number of nitrogens with one attached hydrogen (secondary N) is 1. The summed E-state index contributed by atoms with van der Waals surface area (Å²) in [5, 5.41) is 16.5. The van der Waals surface area contributed by atoms with Crippen molar-refractivity contribution in [3.8, 4) is 11.4 Å². The Bertz CT molecular complexity index is 897. The van der Waals surface area contributed by atoms with Gasteiger partial charge in [0.15, 0.2) is 5.82 Å². The van der Waals surface area contributed by atoms with Crippen molar-refractivity contribution in [2.45, 2.75) is 44.6 Å². The van der Waals surface area contributed by atoms with E-state index in [0.29, 0.717) is 0 Å². The maximum Gasteiger partial charge on any atom is 0.181 e. The van der Waals surface area contributed by atoms with Crippen LogP contribution in [0.5, 0.6) is 5.75 Å². The lowest BCUT2D eigenvalue weighted by Crippen LogP contribution is -2.40. The Morgan fingerprint density at radius 1 is 1.04 bits per heavy atom. The number of nitrogens with zero attached hydrogens (tertiary/aromatic N) is 4. The van der Waals surface area contributed by atoms with Crippen molar-refractivity contribution in [3.05, 3.63) is 59.9 Å². The fourth-order valence-electron chi connectivity index (χ4n) is 3.88. The van der Waals surface area contributed by atoms with Crippen LogP contribution in [0.3, 0.4) is 0 Å². The van der Waals surface area contributed by atoms with Gasteiger partial charge in [-0.05, 0) is 54.5 Å². The predicted octanol–water partition coefficient (Wildman–Crippen LogP) is 4.25. The number of rotatable bonds is 5. The third kappa shape index (κ3) is 3.52. The molecule has 0 amide bonds. The van der Waals surface area contributed by atoms with Crippen LogP contribution in [0.4, 0.5) is 5.69 Å². The quantitative estimate of drug-likeness (QED) is 0.734. The van der Waals surface area contributed by atoms with Crippen molar-refractivity contribution in [2.24, 2.45) is 0 Å². The van der Waals surface area contributed by atoms with Crippen LogP contribution < -0.4 is 10.1 Å². The van der Waals surface area contributed by atoms with Crippen molar-refractivity contribution in [2.75, 3.05) is 12.4 Å². The summed E-state index contributed by atoms with van der Waals surface area (Å²) in [5.74, 6) is 1.71. The molecule has 0 spiro atoms. The molecule has 0 atom stereocenters. The highest BCUT2D eigenvalue weighted by molar-refractivity contribution is 5.51. The van der Waals surface area contributed by atoms with Gasteiger partial charge in [-0.3, -0.25) is 0 Å². The molecule has 0 bridgehead atoms. The number of methoxy groups -OCH3 is 1. The molecule has 1 heterocycles. The lowest BCUT2D eigenvalue weighted by molar-refractivity contribution is 0.309. The van der Waals surface area contributed by atoms with Crippen LogP contribution in [0, 0.1) is 6.92 Å². The molecule has 1 fully saturated rings. The zero-order valence-electron chi connectivity index (χ0n) is 15.9. The summed E-state index contributed by atoms with van der Waals surface area (Å²) in [6, 6.07) is 16.4. The second-order valence-electron chi connectivity index (χ2n) is 7.25. The van der Waals surface area contributed by atoms with Crippen molar-refractivity contribution >= 4 is 5.69 Å². The molecule has 1 aromatic heterocycles. The molecule has 140 valence electrons. The largest absolute Gasteiger partial charge is 0.497 e. The summed E-state index contributed by atoms with van der Waals surface area (Å²) in [7, 11) is 1.69. The molecule has 1 aliphatic carbocycles. The van der Waals surface area contributed by atoms with Crippen LogP contribution in [0.2, 0.25) is 0 Å². The highest BCUT2D eigenvalue weighted by Crippen LogP contribution is 2.40. The molecule has 0 radical (unpaired) electrons. The summed E-state index contributed by atoms with van der Waals surface area (Å²) in [4.78, 5) is 0. The summed E-state index contributed by atoms with van der Waals surface area (Å²) in [6.07, 6.45) is 5.54. The maximum atomic E-state index is 5.39. The predicted molar refractivity (Wildman–Crippen MR) is 105 cm³/mol. The summed E-state index contributed by atoms with van der Waals surface area (Å²) < 4.78 is 7.26. The number of aryl methyl sites for hydroxylation is 1. The van der Waals surface area contributed by atoms with Crippen LogP contribution in [0.1, 0.15) is 43.5 Å².